The van der Waals surface area contributed by atoms with Gasteiger partial charge >= 0.3 is 6.61 Å². The molecule has 0 aliphatic heterocycles. The molecule has 0 aliphatic rings. The van der Waals surface area contributed by atoms with Gasteiger partial charge in [0.2, 0.25) is 5.91 Å². The Morgan fingerprint density at radius 1 is 1.18 bits per heavy atom. The Bertz CT molecular complexity index is 1140. The number of hydrogen-bond donors (Lipinski definition) is 1. The van der Waals surface area contributed by atoms with E-state index in [-0.39, 0.29) is 18.3 Å². The van der Waals surface area contributed by atoms with Crippen molar-refractivity contribution in [1.29, 1.82) is 0 Å². The van der Waals surface area contributed by atoms with Crippen molar-refractivity contribution in [2.75, 3.05) is 7.11 Å². The first kappa shape index (κ1) is 24.8. The zero-order chi connectivity index (χ0) is 24.7. The van der Waals surface area contributed by atoms with E-state index >= 15 is 0 Å². The second-order valence-electron chi connectivity index (χ2n) is 7.52. The van der Waals surface area contributed by atoms with E-state index in [2.05, 4.69) is 15.2 Å². The van der Waals surface area contributed by atoms with Gasteiger partial charge in [-0.25, -0.2) is 0 Å². The first-order chi connectivity index (χ1) is 16.3. The van der Waals surface area contributed by atoms with Gasteiger partial charge in [-0.05, 0) is 62.2 Å². The van der Waals surface area contributed by atoms with Crippen LogP contribution in [0.2, 0.25) is 0 Å². The summed E-state index contributed by atoms with van der Waals surface area (Å²) in [5.41, 5.74) is 3.02. The van der Waals surface area contributed by atoms with Crippen molar-refractivity contribution < 1.29 is 32.3 Å². The molecule has 0 saturated carbocycles. The Hall–Kier alpha value is -3.88. The maximum atomic E-state index is 12.4. The SMILES string of the molecule is COc1cc(/C=C/C(=O)NC(C)c2cccc(OC(F)F)c2)ccc1OCc1c(C)noc1C. The fourth-order valence-electron chi connectivity index (χ4n) is 3.24. The smallest absolute Gasteiger partial charge is 0.387 e. The normalized spacial score (nSPS) is 12.1. The van der Waals surface area contributed by atoms with E-state index in [9.17, 15) is 13.6 Å². The molecule has 1 heterocycles. The number of ether oxygens (including phenoxy) is 3. The molecule has 9 heteroatoms. The summed E-state index contributed by atoms with van der Waals surface area (Å²) in [5, 5.41) is 6.71. The largest absolute Gasteiger partial charge is 0.493 e. The fraction of sp³-hybridized carbons (Fsp3) is 0.280. The van der Waals surface area contributed by atoms with Crippen molar-refractivity contribution in [2.24, 2.45) is 0 Å². The van der Waals surface area contributed by atoms with Crippen LogP contribution in [0.5, 0.6) is 17.2 Å². The first-order valence-electron chi connectivity index (χ1n) is 10.5. The third-order valence-electron chi connectivity index (χ3n) is 5.11. The molecular weight excluding hydrogens is 446 g/mol. The maximum Gasteiger partial charge on any atom is 0.387 e. The van der Waals surface area contributed by atoms with Gasteiger partial charge in [-0.1, -0.05) is 23.4 Å². The van der Waals surface area contributed by atoms with Crippen LogP contribution in [-0.2, 0) is 11.4 Å². The van der Waals surface area contributed by atoms with Crippen LogP contribution in [-0.4, -0.2) is 24.8 Å². The zero-order valence-electron chi connectivity index (χ0n) is 19.3. The number of aryl methyl sites for hydroxylation is 2. The molecule has 34 heavy (non-hydrogen) atoms. The van der Waals surface area contributed by atoms with Crippen molar-refractivity contribution in [3.8, 4) is 17.2 Å². The number of carbonyl (C=O) groups is 1. The van der Waals surface area contributed by atoms with Crippen LogP contribution in [0.4, 0.5) is 8.78 Å². The summed E-state index contributed by atoms with van der Waals surface area (Å²) in [5.74, 6) is 1.45. The van der Waals surface area contributed by atoms with Gasteiger partial charge in [0.15, 0.2) is 11.5 Å². The van der Waals surface area contributed by atoms with Crippen LogP contribution in [0, 0.1) is 13.8 Å². The molecule has 0 spiro atoms. The van der Waals surface area contributed by atoms with Gasteiger partial charge < -0.3 is 24.1 Å². The molecule has 1 N–H and O–H groups in total. The number of amides is 1. The minimum Gasteiger partial charge on any atom is -0.493 e. The number of alkyl halides is 2. The Kier molecular flexibility index (Phi) is 8.24. The second-order valence-corrected chi connectivity index (χ2v) is 7.52. The Morgan fingerprint density at radius 3 is 2.65 bits per heavy atom. The van der Waals surface area contributed by atoms with Crippen molar-refractivity contribution in [2.45, 2.75) is 40.0 Å². The van der Waals surface area contributed by atoms with Gasteiger partial charge in [0.25, 0.3) is 0 Å². The lowest BCUT2D eigenvalue weighted by molar-refractivity contribution is -0.117. The second kappa shape index (κ2) is 11.3. The molecule has 1 atom stereocenters. The number of benzene rings is 2. The number of aromatic nitrogens is 1. The average Bonchev–Trinajstić information content (AvgIpc) is 3.13. The number of rotatable bonds is 10. The van der Waals surface area contributed by atoms with Crippen LogP contribution in [0.1, 0.15) is 41.1 Å². The number of halogens is 2. The van der Waals surface area contributed by atoms with E-state index < -0.39 is 12.7 Å². The molecule has 3 rings (SSSR count). The first-order valence-corrected chi connectivity index (χ1v) is 10.5. The van der Waals surface area contributed by atoms with Gasteiger partial charge in [-0.2, -0.15) is 8.78 Å². The number of nitrogens with zero attached hydrogens (tertiary/aromatic N) is 1. The molecule has 0 radical (unpaired) electrons. The van der Waals surface area contributed by atoms with Crippen LogP contribution >= 0.6 is 0 Å². The van der Waals surface area contributed by atoms with Crippen LogP contribution in [0.15, 0.2) is 53.1 Å². The third kappa shape index (κ3) is 6.57. The molecule has 0 saturated heterocycles. The van der Waals surface area contributed by atoms with Gasteiger partial charge in [0.05, 0.1) is 24.4 Å². The molecule has 7 nitrogen and oxygen atoms in total. The highest BCUT2D eigenvalue weighted by atomic mass is 19.3. The number of hydrogen-bond acceptors (Lipinski definition) is 6. The molecule has 0 fully saturated rings. The lowest BCUT2D eigenvalue weighted by atomic mass is 10.1. The van der Waals surface area contributed by atoms with E-state index in [1.165, 1.54) is 25.3 Å². The summed E-state index contributed by atoms with van der Waals surface area (Å²) >= 11 is 0. The standard InChI is InChI=1S/C25H26F2N2O5/c1-15(19-6-5-7-20(13-19)33-25(26)27)28-24(30)11-9-18-8-10-22(23(12-18)31-4)32-14-21-16(2)29-34-17(21)3/h5-13,15,25H,14H2,1-4H3,(H,28,30)/b11-9+. The Morgan fingerprint density at radius 2 is 1.97 bits per heavy atom. The van der Waals surface area contributed by atoms with E-state index in [0.717, 1.165) is 16.8 Å². The van der Waals surface area contributed by atoms with Gasteiger partial charge in [-0.3, -0.25) is 4.79 Å². The summed E-state index contributed by atoms with van der Waals surface area (Å²) in [6, 6.07) is 11.1. The molecule has 2 aromatic carbocycles. The average molecular weight is 472 g/mol. The molecule has 1 amide bonds. The summed E-state index contributed by atoms with van der Waals surface area (Å²) in [6.07, 6.45) is 3.02. The van der Waals surface area contributed by atoms with Gasteiger partial charge in [0.1, 0.15) is 18.1 Å². The molecule has 0 bridgehead atoms. The van der Waals surface area contributed by atoms with Crippen molar-refractivity contribution in [3.63, 3.8) is 0 Å². The predicted molar refractivity (Wildman–Crippen MR) is 122 cm³/mol. The number of carbonyl (C=O) groups excluding carboxylic acids is 1. The van der Waals surface area contributed by atoms with E-state index in [1.54, 1.807) is 43.3 Å². The Labute approximate surface area is 196 Å². The monoisotopic (exact) mass is 472 g/mol. The summed E-state index contributed by atoms with van der Waals surface area (Å²) in [6.45, 7) is 2.80. The molecule has 0 aliphatic carbocycles. The van der Waals surface area contributed by atoms with E-state index in [1.807, 2.05) is 13.8 Å². The predicted octanol–water partition coefficient (Wildman–Crippen LogP) is 5.37. The van der Waals surface area contributed by atoms with Crippen LogP contribution in [0.3, 0.4) is 0 Å². The number of nitrogens with one attached hydrogen (secondary N) is 1. The van der Waals surface area contributed by atoms with E-state index in [4.69, 9.17) is 14.0 Å². The summed E-state index contributed by atoms with van der Waals surface area (Å²) < 4.78 is 45.7. The molecular formula is C25H26F2N2O5. The quantitative estimate of drug-likeness (QED) is 0.400. The topological polar surface area (TPSA) is 82.8 Å². The van der Waals surface area contributed by atoms with Crippen molar-refractivity contribution in [3.05, 3.63) is 76.7 Å². The lowest BCUT2D eigenvalue weighted by Gasteiger charge is -2.14. The third-order valence-corrected chi connectivity index (χ3v) is 5.11. The Balaban J connectivity index is 1.61. The number of methoxy groups -OCH3 is 1. The van der Waals surface area contributed by atoms with Crippen molar-refractivity contribution in [1.82, 2.24) is 10.5 Å². The molecule has 3 aromatic rings. The highest BCUT2D eigenvalue weighted by molar-refractivity contribution is 5.92. The molecule has 180 valence electrons. The van der Waals surface area contributed by atoms with E-state index in [0.29, 0.717) is 22.8 Å². The molecule has 1 unspecified atom stereocenters. The van der Waals surface area contributed by atoms with Gasteiger partial charge in [-0.15, -0.1) is 0 Å². The lowest BCUT2D eigenvalue weighted by Crippen LogP contribution is -2.24. The van der Waals surface area contributed by atoms with Crippen LogP contribution in [0.25, 0.3) is 6.08 Å². The highest BCUT2D eigenvalue weighted by Gasteiger charge is 2.13. The summed E-state index contributed by atoms with van der Waals surface area (Å²) in [4.78, 5) is 12.4. The maximum absolute atomic E-state index is 12.4. The fourth-order valence-corrected chi connectivity index (χ4v) is 3.24. The highest BCUT2D eigenvalue weighted by Crippen LogP contribution is 2.30. The minimum atomic E-state index is -2.91. The summed E-state index contributed by atoms with van der Waals surface area (Å²) in [7, 11) is 1.53. The zero-order valence-corrected chi connectivity index (χ0v) is 19.3. The van der Waals surface area contributed by atoms with Crippen molar-refractivity contribution >= 4 is 12.0 Å². The molecule has 1 aromatic heterocycles. The van der Waals surface area contributed by atoms with Gasteiger partial charge in [0, 0.05) is 6.08 Å². The minimum absolute atomic E-state index is 0.0351. The van der Waals surface area contributed by atoms with Crippen LogP contribution < -0.4 is 19.5 Å².